The molecule has 0 bridgehead atoms. The summed E-state index contributed by atoms with van der Waals surface area (Å²) in [6.07, 6.45) is -0.651. The summed E-state index contributed by atoms with van der Waals surface area (Å²) in [4.78, 5) is 19.4. The van der Waals surface area contributed by atoms with Crippen LogP contribution in [0.1, 0.15) is 23.7 Å². The lowest BCUT2D eigenvalue weighted by Gasteiger charge is -2.15. The normalized spacial score (nSPS) is 19.7. The Morgan fingerprint density at radius 3 is 2.43 bits per heavy atom. The van der Waals surface area contributed by atoms with Crippen LogP contribution in [0.25, 0.3) is 33.3 Å². The van der Waals surface area contributed by atoms with Crippen LogP contribution in [0.2, 0.25) is 5.02 Å². The molecule has 3 aromatic carbocycles. The number of aromatic nitrogens is 2. The standard InChI is InChI=1S/C27H26ClN3O4/c1-3-23-25(32)24(14-34-23)35-27-30-21-12-19(20(28)13-22(21)31-27)17-8-4-15(5-9-17)16-6-10-18(11-7-16)26(33)29-2/h4-13,23-25,32H,3,14H2,1-2H3,(H,29,33)(H,30,31)/t23-,24-,25-/m1/s1. The van der Waals surface area contributed by atoms with Gasteiger partial charge in [-0.15, -0.1) is 0 Å². The molecule has 1 fully saturated rings. The monoisotopic (exact) mass is 491 g/mol. The topological polar surface area (TPSA) is 96.5 Å². The molecule has 5 rings (SSSR count). The summed E-state index contributed by atoms with van der Waals surface area (Å²) in [6, 6.07) is 19.6. The zero-order valence-electron chi connectivity index (χ0n) is 19.4. The van der Waals surface area contributed by atoms with Gasteiger partial charge in [-0.1, -0.05) is 54.9 Å². The molecule has 3 atom stereocenters. The van der Waals surface area contributed by atoms with Gasteiger partial charge in [0.1, 0.15) is 6.10 Å². The van der Waals surface area contributed by atoms with E-state index >= 15 is 0 Å². The van der Waals surface area contributed by atoms with Crippen molar-refractivity contribution in [1.82, 2.24) is 15.3 Å². The number of aliphatic hydroxyl groups is 1. The van der Waals surface area contributed by atoms with Crippen molar-refractivity contribution in [2.24, 2.45) is 0 Å². The molecule has 180 valence electrons. The largest absolute Gasteiger partial charge is 0.456 e. The molecule has 0 saturated carbocycles. The second-order valence-corrected chi connectivity index (χ2v) is 8.96. The van der Waals surface area contributed by atoms with Crippen molar-refractivity contribution in [2.75, 3.05) is 13.7 Å². The highest BCUT2D eigenvalue weighted by Gasteiger charge is 2.36. The van der Waals surface area contributed by atoms with E-state index in [4.69, 9.17) is 21.1 Å². The highest BCUT2D eigenvalue weighted by Crippen LogP contribution is 2.34. The Labute approximate surface area is 208 Å². The fourth-order valence-corrected chi connectivity index (χ4v) is 4.62. The summed E-state index contributed by atoms with van der Waals surface area (Å²) in [5.41, 5.74) is 5.95. The van der Waals surface area contributed by atoms with Crippen LogP contribution in [0.3, 0.4) is 0 Å². The minimum atomic E-state index is -0.689. The number of halogens is 1. The smallest absolute Gasteiger partial charge is 0.295 e. The van der Waals surface area contributed by atoms with Gasteiger partial charge in [0, 0.05) is 18.2 Å². The number of H-pyrrole nitrogens is 1. The number of hydrogen-bond acceptors (Lipinski definition) is 5. The molecule has 7 nitrogen and oxygen atoms in total. The van der Waals surface area contributed by atoms with Gasteiger partial charge in [-0.05, 0) is 47.4 Å². The second-order valence-electron chi connectivity index (χ2n) is 8.55. The Morgan fingerprint density at radius 2 is 1.80 bits per heavy atom. The van der Waals surface area contributed by atoms with Crippen LogP contribution in [0.15, 0.2) is 60.7 Å². The third-order valence-corrected chi connectivity index (χ3v) is 6.67. The number of rotatable bonds is 6. The number of nitrogens with zero attached hydrogens (tertiary/aromatic N) is 1. The molecule has 1 saturated heterocycles. The second kappa shape index (κ2) is 9.70. The number of hydrogen-bond donors (Lipinski definition) is 3. The van der Waals surface area contributed by atoms with Gasteiger partial charge >= 0.3 is 0 Å². The lowest BCUT2D eigenvalue weighted by molar-refractivity contribution is 0.0258. The fraction of sp³-hybridized carbons (Fsp3) is 0.259. The summed E-state index contributed by atoms with van der Waals surface area (Å²) in [5, 5.41) is 13.6. The third kappa shape index (κ3) is 4.62. The molecule has 1 amide bonds. The molecular weight excluding hydrogens is 466 g/mol. The molecule has 0 unspecified atom stereocenters. The number of aliphatic hydroxyl groups excluding tert-OH is 1. The highest BCUT2D eigenvalue weighted by atomic mass is 35.5. The van der Waals surface area contributed by atoms with Gasteiger partial charge in [-0.3, -0.25) is 4.79 Å². The van der Waals surface area contributed by atoms with E-state index in [9.17, 15) is 9.90 Å². The first kappa shape index (κ1) is 23.4. The third-order valence-electron chi connectivity index (χ3n) is 6.35. The van der Waals surface area contributed by atoms with Gasteiger partial charge in [0.05, 0.1) is 28.8 Å². The maximum absolute atomic E-state index is 11.8. The number of fused-ring (bicyclic) bond motifs is 1. The Hall–Kier alpha value is -3.39. The molecule has 1 aliphatic rings. The van der Waals surface area contributed by atoms with E-state index in [1.165, 1.54) is 0 Å². The fourth-order valence-electron chi connectivity index (χ4n) is 4.35. The summed E-state index contributed by atoms with van der Waals surface area (Å²) < 4.78 is 11.5. The van der Waals surface area contributed by atoms with Crippen molar-refractivity contribution < 1.29 is 19.4 Å². The highest BCUT2D eigenvalue weighted by molar-refractivity contribution is 6.34. The molecule has 0 spiro atoms. The molecule has 2 heterocycles. The number of carbonyl (C=O) groups excluding carboxylic acids is 1. The number of amides is 1. The lowest BCUT2D eigenvalue weighted by Crippen LogP contribution is -2.34. The van der Waals surface area contributed by atoms with E-state index in [-0.39, 0.29) is 12.0 Å². The van der Waals surface area contributed by atoms with E-state index in [0.29, 0.717) is 28.7 Å². The molecular formula is C27H26ClN3O4. The number of ether oxygens (including phenoxy) is 2. The van der Waals surface area contributed by atoms with Crippen LogP contribution >= 0.6 is 11.6 Å². The predicted molar refractivity (Wildman–Crippen MR) is 136 cm³/mol. The number of nitrogens with one attached hydrogen (secondary N) is 2. The van der Waals surface area contributed by atoms with Crippen molar-refractivity contribution in [3.8, 4) is 28.3 Å². The van der Waals surface area contributed by atoms with Crippen LogP contribution in [0, 0.1) is 0 Å². The molecule has 1 aromatic heterocycles. The first-order valence-corrected chi connectivity index (χ1v) is 11.9. The maximum atomic E-state index is 11.8. The quantitative estimate of drug-likeness (QED) is 0.359. The van der Waals surface area contributed by atoms with E-state index in [1.807, 2.05) is 67.6 Å². The Balaban J connectivity index is 1.36. The average Bonchev–Trinajstić information content (AvgIpc) is 3.45. The van der Waals surface area contributed by atoms with E-state index in [1.54, 1.807) is 7.05 Å². The van der Waals surface area contributed by atoms with Crippen LogP contribution in [0.4, 0.5) is 0 Å². The summed E-state index contributed by atoms with van der Waals surface area (Å²) in [6.45, 7) is 2.29. The molecule has 3 N–H and O–H groups in total. The lowest BCUT2D eigenvalue weighted by atomic mass is 9.99. The molecule has 35 heavy (non-hydrogen) atoms. The zero-order valence-corrected chi connectivity index (χ0v) is 20.2. The van der Waals surface area contributed by atoms with E-state index < -0.39 is 12.2 Å². The minimum absolute atomic E-state index is 0.109. The van der Waals surface area contributed by atoms with Crippen molar-refractivity contribution in [3.05, 3.63) is 71.2 Å². The van der Waals surface area contributed by atoms with Crippen LogP contribution in [-0.2, 0) is 4.74 Å². The van der Waals surface area contributed by atoms with Gasteiger partial charge in [0.2, 0.25) is 0 Å². The van der Waals surface area contributed by atoms with E-state index in [0.717, 1.165) is 34.2 Å². The maximum Gasteiger partial charge on any atom is 0.295 e. The number of benzene rings is 3. The number of imidazole rings is 1. The Morgan fingerprint density at radius 1 is 1.14 bits per heavy atom. The van der Waals surface area contributed by atoms with Gasteiger partial charge in [0.25, 0.3) is 11.9 Å². The van der Waals surface area contributed by atoms with Gasteiger partial charge in [-0.2, -0.15) is 4.98 Å². The van der Waals surface area contributed by atoms with Crippen molar-refractivity contribution in [3.63, 3.8) is 0 Å². The summed E-state index contributed by atoms with van der Waals surface area (Å²) in [5.74, 6) is -0.109. The van der Waals surface area contributed by atoms with Crippen molar-refractivity contribution >= 4 is 28.5 Å². The number of carbonyl (C=O) groups is 1. The first-order chi connectivity index (χ1) is 17.0. The number of aromatic amines is 1. The molecule has 4 aromatic rings. The van der Waals surface area contributed by atoms with Crippen LogP contribution in [-0.4, -0.2) is 52.9 Å². The van der Waals surface area contributed by atoms with Gasteiger partial charge in [0.15, 0.2) is 6.10 Å². The van der Waals surface area contributed by atoms with Gasteiger partial charge in [-0.25, -0.2) is 0 Å². The van der Waals surface area contributed by atoms with Crippen LogP contribution in [0.5, 0.6) is 6.01 Å². The van der Waals surface area contributed by atoms with Crippen LogP contribution < -0.4 is 10.1 Å². The SMILES string of the molecule is CC[C@H]1OC[C@@H](Oc2nc3cc(-c4ccc(-c5ccc(C(=O)NC)cc5)cc4)c(Cl)cc3[nH]2)[C@@H]1O. The first-order valence-electron chi connectivity index (χ1n) is 11.6. The molecule has 0 aliphatic carbocycles. The Bertz CT molecular complexity index is 1350. The molecule has 8 heteroatoms. The van der Waals surface area contributed by atoms with E-state index in [2.05, 4.69) is 15.3 Å². The Kier molecular flexibility index (Phi) is 6.47. The molecule has 0 radical (unpaired) electrons. The molecule has 1 aliphatic heterocycles. The van der Waals surface area contributed by atoms with Gasteiger partial charge < -0.3 is 24.9 Å². The summed E-state index contributed by atoms with van der Waals surface area (Å²) in [7, 11) is 1.62. The minimum Gasteiger partial charge on any atom is -0.456 e. The zero-order chi connectivity index (χ0) is 24.5. The van der Waals surface area contributed by atoms with Crippen molar-refractivity contribution in [2.45, 2.75) is 31.7 Å². The summed E-state index contributed by atoms with van der Waals surface area (Å²) >= 11 is 6.61. The average molecular weight is 492 g/mol. The predicted octanol–water partition coefficient (Wildman–Crippen LogP) is 4.83. The van der Waals surface area contributed by atoms with Crippen molar-refractivity contribution in [1.29, 1.82) is 0 Å².